The Morgan fingerprint density at radius 3 is 2.40 bits per heavy atom. The third-order valence-electron chi connectivity index (χ3n) is 4.98. The first-order valence-corrected chi connectivity index (χ1v) is 10.1. The molecule has 0 aliphatic rings. The fourth-order valence-electron chi connectivity index (χ4n) is 3.32. The predicted molar refractivity (Wildman–Crippen MR) is 114 cm³/mol. The molecule has 0 aromatic heterocycles. The summed E-state index contributed by atoms with van der Waals surface area (Å²) in [6.45, 7) is 2.27. The number of halogens is 2. The fourth-order valence-corrected chi connectivity index (χ4v) is 3.32. The van der Waals surface area contributed by atoms with E-state index in [1.165, 1.54) is 24.8 Å². The lowest BCUT2D eigenvalue weighted by molar-refractivity contribution is 0.0991. The first-order valence-electron chi connectivity index (χ1n) is 10.1. The second kappa shape index (κ2) is 10.0. The van der Waals surface area contributed by atoms with Crippen molar-refractivity contribution in [3.63, 3.8) is 0 Å². The highest BCUT2D eigenvalue weighted by Crippen LogP contribution is 2.25. The molecule has 0 bridgehead atoms. The predicted octanol–water partition coefficient (Wildman–Crippen LogP) is 6.04. The van der Waals surface area contributed by atoms with Crippen molar-refractivity contribution >= 4 is 5.91 Å². The molecule has 0 unspecified atom stereocenters. The Kier molecular flexibility index (Phi) is 7.17. The zero-order valence-corrected chi connectivity index (χ0v) is 17.0. The summed E-state index contributed by atoms with van der Waals surface area (Å²) in [5.74, 6) is -3.48. The van der Waals surface area contributed by atoms with Gasteiger partial charge in [-0.3, -0.25) is 4.79 Å². The first kappa shape index (κ1) is 21.5. The van der Waals surface area contributed by atoms with E-state index in [0.717, 1.165) is 35.2 Å². The molecule has 1 amide bonds. The van der Waals surface area contributed by atoms with Crippen LogP contribution in [0.4, 0.5) is 8.78 Å². The van der Waals surface area contributed by atoms with Crippen molar-refractivity contribution in [3.05, 3.63) is 89.0 Å². The van der Waals surface area contributed by atoms with Gasteiger partial charge in [0.2, 0.25) is 0 Å². The molecule has 2 N–H and O–H groups in total. The molecule has 0 saturated carbocycles. The monoisotopic (exact) mass is 409 g/mol. The number of ether oxygens (including phenoxy) is 1. The van der Waals surface area contributed by atoms with Crippen LogP contribution in [0.15, 0.2) is 60.7 Å². The van der Waals surface area contributed by atoms with Crippen LogP contribution in [0.1, 0.15) is 47.7 Å². The number of benzene rings is 3. The number of nitrogens with two attached hydrogens (primary N) is 1. The van der Waals surface area contributed by atoms with Gasteiger partial charge in [-0.25, -0.2) is 8.78 Å². The van der Waals surface area contributed by atoms with E-state index in [-0.39, 0.29) is 12.4 Å². The van der Waals surface area contributed by atoms with Crippen molar-refractivity contribution in [1.82, 2.24) is 0 Å². The molecule has 5 heteroatoms. The van der Waals surface area contributed by atoms with Crippen LogP contribution < -0.4 is 10.5 Å². The van der Waals surface area contributed by atoms with Crippen LogP contribution in [-0.4, -0.2) is 5.91 Å². The molecule has 0 aliphatic carbocycles. The molecule has 0 radical (unpaired) electrons. The molecule has 156 valence electrons. The Morgan fingerprint density at radius 2 is 1.70 bits per heavy atom. The van der Waals surface area contributed by atoms with E-state index in [9.17, 15) is 13.6 Å². The van der Waals surface area contributed by atoms with Crippen molar-refractivity contribution in [3.8, 4) is 16.9 Å². The number of hydrogen-bond acceptors (Lipinski definition) is 2. The standard InChI is InChI=1S/C25H25F2NO2/c1-2-3-4-6-17-9-11-19(12-10-17)20-8-5-7-18(15-20)16-30-22-14-13-21(26)23(24(22)27)25(28)29/h5,7-15H,2-4,6,16H2,1H3,(H2,28,29). The summed E-state index contributed by atoms with van der Waals surface area (Å²) in [4.78, 5) is 11.3. The van der Waals surface area contributed by atoms with Gasteiger partial charge in [0, 0.05) is 0 Å². The topological polar surface area (TPSA) is 52.3 Å². The average Bonchev–Trinajstić information content (AvgIpc) is 2.74. The Labute approximate surface area is 175 Å². The van der Waals surface area contributed by atoms with Crippen LogP contribution in [0.5, 0.6) is 5.75 Å². The van der Waals surface area contributed by atoms with E-state index in [1.54, 1.807) is 0 Å². The molecule has 30 heavy (non-hydrogen) atoms. The molecule has 0 spiro atoms. The minimum atomic E-state index is -1.17. The Hall–Kier alpha value is -3.21. The molecule has 0 heterocycles. The Bertz CT molecular complexity index is 1020. The maximum atomic E-state index is 14.3. The molecular weight excluding hydrogens is 384 g/mol. The maximum Gasteiger partial charge on any atom is 0.254 e. The third kappa shape index (κ3) is 5.23. The summed E-state index contributed by atoms with van der Waals surface area (Å²) in [7, 11) is 0. The molecule has 0 aliphatic heterocycles. The second-order valence-electron chi connectivity index (χ2n) is 7.24. The lowest BCUT2D eigenvalue weighted by Crippen LogP contribution is -2.16. The van der Waals surface area contributed by atoms with Gasteiger partial charge in [-0.1, -0.05) is 62.2 Å². The summed E-state index contributed by atoms with van der Waals surface area (Å²) in [5, 5.41) is 0. The van der Waals surface area contributed by atoms with Crippen LogP contribution in [0.25, 0.3) is 11.1 Å². The van der Waals surface area contributed by atoms with Crippen LogP contribution in [-0.2, 0) is 13.0 Å². The first-order chi connectivity index (χ1) is 14.5. The highest BCUT2D eigenvalue weighted by molar-refractivity contribution is 5.93. The smallest absolute Gasteiger partial charge is 0.254 e. The maximum absolute atomic E-state index is 14.3. The van der Waals surface area contributed by atoms with Crippen LogP contribution in [0.2, 0.25) is 0 Å². The number of aryl methyl sites for hydroxylation is 1. The Balaban J connectivity index is 1.71. The molecule has 3 rings (SSSR count). The normalized spacial score (nSPS) is 10.8. The highest BCUT2D eigenvalue weighted by Gasteiger charge is 2.19. The van der Waals surface area contributed by atoms with E-state index in [0.29, 0.717) is 0 Å². The van der Waals surface area contributed by atoms with Crippen molar-refractivity contribution in [2.75, 3.05) is 0 Å². The minimum Gasteiger partial charge on any atom is -0.486 e. The molecule has 0 saturated heterocycles. The summed E-state index contributed by atoms with van der Waals surface area (Å²) in [5.41, 5.74) is 8.51. The van der Waals surface area contributed by atoms with Gasteiger partial charge in [0.15, 0.2) is 11.6 Å². The molecule has 0 fully saturated rings. The number of hydrogen-bond donors (Lipinski definition) is 1. The number of carbonyl (C=O) groups is 1. The fraction of sp³-hybridized carbons (Fsp3) is 0.240. The van der Waals surface area contributed by atoms with Crippen LogP contribution in [0.3, 0.4) is 0 Å². The van der Waals surface area contributed by atoms with Gasteiger partial charge >= 0.3 is 0 Å². The van der Waals surface area contributed by atoms with Crippen molar-refractivity contribution in [2.45, 2.75) is 39.2 Å². The molecule has 0 atom stereocenters. The Morgan fingerprint density at radius 1 is 0.933 bits per heavy atom. The number of amides is 1. The van der Waals surface area contributed by atoms with Gasteiger partial charge in [0.1, 0.15) is 18.0 Å². The highest BCUT2D eigenvalue weighted by atomic mass is 19.1. The van der Waals surface area contributed by atoms with Crippen molar-refractivity contribution in [2.24, 2.45) is 5.73 Å². The molecular formula is C25H25F2NO2. The molecule has 3 aromatic carbocycles. The number of unbranched alkanes of at least 4 members (excludes halogenated alkanes) is 2. The lowest BCUT2D eigenvalue weighted by atomic mass is 10.00. The van der Waals surface area contributed by atoms with Gasteiger partial charge in [0.25, 0.3) is 5.91 Å². The van der Waals surface area contributed by atoms with Crippen LogP contribution in [0, 0.1) is 11.6 Å². The summed E-state index contributed by atoms with van der Waals surface area (Å²) >= 11 is 0. The summed E-state index contributed by atoms with van der Waals surface area (Å²) < 4.78 is 33.4. The molecule has 3 aromatic rings. The minimum absolute atomic E-state index is 0.0731. The largest absolute Gasteiger partial charge is 0.486 e. The average molecular weight is 409 g/mol. The summed E-state index contributed by atoms with van der Waals surface area (Å²) in [6, 6.07) is 18.3. The van der Waals surface area contributed by atoms with Crippen molar-refractivity contribution < 1.29 is 18.3 Å². The van der Waals surface area contributed by atoms with E-state index in [4.69, 9.17) is 10.5 Å². The van der Waals surface area contributed by atoms with E-state index >= 15 is 0 Å². The third-order valence-corrected chi connectivity index (χ3v) is 4.98. The van der Waals surface area contributed by atoms with E-state index in [2.05, 4.69) is 31.2 Å². The molecule has 3 nitrogen and oxygen atoms in total. The number of primary amides is 1. The van der Waals surface area contributed by atoms with E-state index < -0.39 is 23.1 Å². The lowest BCUT2D eigenvalue weighted by Gasteiger charge is -2.11. The zero-order valence-electron chi connectivity index (χ0n) is 17.0. The van der Waals surface area contributed by atoms with Crippen molar-refractivity contribution in [1.29, 1.82) is 0 Å². The SMILES string of the molecule is CCCCCc1ccc(-c2cccc(COc3ccc(F)c(C(N)=O)c3F)c2)cc1. The van der Waals surface area contributed by atoms with Gasteiger partial charge in [-0.15, -0.1) is 0 Å². The van der Waals surface area contributed by atoms with Gasteiger partial charge in [-0.05, 0) is 53.3 Å². The van der Waals surface area contributed by atoms with Gasteiger partial charge < -0.3 is 10.5 Å². The van der Waals surface area contributed by atoms with Gasteiger partial charge in [-0.2, -0.15) is 0 Å². The van der Waals surface area contributed by atoms with Crippen LogP contribution >= 0.6 is 0 Å². The number of carbonyl (C=O) groups excluding carboxylic acids is 1. The second-order valence-corrected chi connectivity index (χ2v) is 7.24. The quantitative estimate of drug-likeness (QED) is 0.438. The number of rotatable bonds is 9. The summed E-state index contributed by atoms with van der Waals surface area (Å²) in [6.07, 6.45) is 4.72. The zero-order chi connectivity index (χ0) is 21.5. The van der Waals surface area contributed by atoms with Gasteiger partial charge in [0.05, 0.1) is 0 Å². The van der Waals surface area contributed by atoms with E-state index in [1.807, 2.05) is 24.3 Å².